The minimum Gasteiger partial charge on any atom is -0.356 e. The molecule has 0 bridgehead atoms. The molecule has 0 spiro atoms. The van der Waals surface area contributed by atoms with Gasteiger partial charge in [0, 0.05) is 19.6 Å². The lowest BCUT2D eigenvalue weighted by Crippen LogP contribution is -2.44. The van der Waals surface area contributed by atoms with Gasteiger partial charge in [-0.3, -0.25) is 4.99 Å². The van der Waals surface area contributed by atoms with E-state index in [0.717, 1.165) is 0 Å². The molecule has 0 amide bonds. The highest BCUT2D eigenvalue weighted by atomic mass is 32.2. The molecule has 2 rings (SSSR count). The molecule has 2 N–H and O–H groups in total. The first kappa shape index (κ1) is 18.7. The van der Waals surface area contributed by atoms with Gasteiger partial charge in [-0.1, -0.05) is 18.2 Å². The molecule has 1 atom stereocenters. The van der Waals surface area contributed by atoms with E-state index in [4.69, 9.17) is 0 Å². The Morgan fingerprint density at radius 3 is 2.58 bits per heavy atom. The number of guanidine groups is 1. The van der Waals surface area contributed by atoms with Gasteiger partial charge in [-0.25, -0.2) is 16.8 Å². The maximum atomic E-state index is 12.2. The molecule has 0 aromatic heterocycles. The monoisotopic (exact) mass is 373 g/mol. The molecule has 7 nitrogen and oxygen atoms in total. The fraction of sp³-hybridized carbons (Fsp3) is 0.533. The smallest absolute Gasteiger partial charge is 0.191 e. The van der Waals surface area contributed by atoms with Crippen LogP contribution in [0.1, 0.15) is 12.8 Å². The van der Waals surface area contributed by atoms with Crippen LogP contribution in [0.25, 0.3) is 0 Å². The van der Waals surface area contributed by atoms with Gasteiger partial charge in [0.25, 0.3) is 0 Å². The second-order valence-electron chi connectivity index (χ2n) is 5.73. The van der Waals surface area contributed by atoms with Crippen LogP contribution in [0.2, 0.25) is 0 Å². The number of benzene rings is 1. The van der Waals surface area contributed by atoms with Crippen molar-refractivity contribution >= 4 is 25.6 Å². The Morgan fingerprint density at radius 2 is 2.00 bits per heavy atom. The Balaban J connectivity index is 1.77. The zero-order valence-electron chi connectivity index (χ0n) is 13.6. The molecule has 0 aliphatic carbocycles. The van der Waals surface area contributed by atoms with E-state index in [1.807, 2.05) is 0 Å². The molecule has 1 unspecified atom stereocenters. The van der Waals surface area contributed by atoms with Gasteiger partial charge in [-0.15, -0.1) is 0 Å². The van der Waals surface area contributed by atoms with E-state index in [-0.39, 0.29) is 23.3 Å². The van der Waals surface area contributed by atoms with Crippen LogP contribution in [-0.2, 0) is 19.7 Å². The zero-order chi connectivity index (χ0) is 17.6. The van der Waals surface area contributed by atoms with Crippen molar-refractivity contribution in [3.05, 3.63) is 30.3 Å². The lowest BCUT2D eigenvalue weighted by molar-refractivity contribution is 0.590. The minimum absolute atomic E-state index is 0.0405. The molecule has 1 aliphatic rings. The van der Waals surface area contributed by atoms with Crippen molar-refractivity contribution in [3.63, 3.8) is 0 Å². The van der Waals surface area contributed by atoms with Gasteiger partial charge >= 0.3 is 0 Å². The van der Waals surface area contributed by atoms with Crippen molar-refractivity contribution in [2.45, 2.75) is 23.8 Å². The fourth-order valence-corrected chi connectivity index (χ4v) is 5.52. The normalized spacial score (nSPS) is 20.7. The Kier molecular flexibility index (Phi) is 6.22. The molecule has 9 heteroatoms. The largest absolute Gasteiger partial charge is 0.356 e. The molecule has 1 aromatic rings. The molecular formula is C15H23N3O4S2. The van der Waals surface area contributed by atoms with Gasteiger partial charge in [-0.05, 0) is 25.0 Å². The van der Waals surface area contributed by atoms with Crippen molar-refractivity contribution in [2.75, 3.05) is 30.9 Å². The molecule has 134 valence electrons. The average molecular weight is 374 g/mol. The summed E-state index contributed by atoms with van der Waals surface area (Å²) in [5.74, 6) is 0.834. The van der Waals surface area contributed by atoms with Crippen molar-refractivity contribution < 1.29 is 16.8 Å². The van der Waals surface area contributed by atoms with Gasteiger partial charge in [0.05, 0.1) is 22.2 Å². The quantitative estimate of drug-likeness (QED) is 0.419. The lowest BCUT2D eigenvalue weighted by Gasteiger charge is -2.16. The first-order chi connectivity index (χ1) is 11.3. The SMILES string of the molecule is CN=C(NCCCS(=O)(=O)c1ccccc1)NC1CCS(=O)(=O)C1. The van der Waals surface area contributed by atoms with E-state index in [9.17, 15) is 16.8 Å². The maximum Gasteiger partial charge on any atom is 0.191 e. The first-order valence-corrected chi connectivity index (χ1v) is 11.3. The second kappa shape index (κ2) is 7.98. The van der Waals surface area contributed by atoms with Gasteiger partial charge in [0.2, 0.25) is 0 Å². The van der Waals surface area contributed by atoms with Crippen LogP contribution in [0.3, 0.4) is 0 Å². The molecule has 1 fully saturated rings. The van der Waals surface area contributed by atoms with Crippen LogP contribution in [0.4, 0.5) is 0 Å². The van der Waals surface area contributed by atoms with Crippen LogP contribution >= 0.6 is 0 Å². The Morgan fingerprint density at radius 1 is 1.29 bits per heavy atom. The summed E-state index contributed by atoms with van der Waals surface area (Å²) in [5.41, 5.74) is 0. The molecule has 0 saturated carbocycles. The second-order valence-corrected chi connectivity index (χ2v) is 10.1. The van der Waals surface area contributed by atoms with Crippen molar-refractivity contribution in [1.82, 2.24) is 10.6 Å². The molecule has 1 heterocycles. The lowest BCUT2D eigenvalue weighted by atomic mass is 10.3. The summed E-state index contributed by atoms with van der Waals surface area (Å²) in [6.45, 7) is 0.436. The molecular weight excluding hydrogens is 350 g/mol. The van der Waals surface area contributed by atoms with Crippen molar-refractivity contribution in [3.8, 4) is 0 Å². The maximum absolute atomic E-state index is 12.2. The topological polar surface area (TPSA) is 105 Å². The molecule has 0 radical (unpaired) electrons. The van der Waals surface area contributed by atoms with E-state index in [1.54, 1.807) is 37.4 Å². The minimum atomic E-state index is -3.28. The third kappa shape index (κ3) is 5.48. The molecule has 1 aliphatic heterocycles. The van der Waals surface area contributed by atoms with Crippen LogP contribution in [0.15, 0.2) is 40.2 Å². The van der Waals surface area contributed by atoms with E-state index in [0.29, 0.717) is 30.2 Å². The third-order valence-corrected chi connectivity index (χ3v) is 7.37. The standard InChI is InChI=1S/C15H23N3O4S2/c1-16-15(18-13-8-11-23(19,20)12-13)17-9-5-10-24(21,22)14-6-3-2-4-7-14/h2-4,6-7,13H,5,8-12H2,1H3,(H2,16,17,18). The molecule has 1 saturated heterocycles. The Hall–Kier alpha value is -1.61. The molecule has 24 heavy (non-hydrogen) atoms. The van der Waals surface area contributed by atoms with E-state index in [2.05, 4.69) is 15.6 Å². The van der Waals surface area contributed by atoms with E-state index in [1.165, 1.54) is 0 Å². The number of hydrogen-bond donors (Lipinski definition) is 2. The summed E-state index contributed by atoms with van der Waals surface area (Å²) in [6, 6.07) is 8.21. The first-order valence-electron chi connectivity index (χ1n) is 7.78. The highest BCUT2D eigenvalue weighted by molar-refractivity contribution is 7.91. The summed E-state index contributed by atoms with van der Waals surface area (Å²) >= 11 is 0. The van der Waals surface area contributed by atoms with E-state index < -0.39 is 19.7 Å². The number of nitrogens with zero attached hydrogens (tertiary/aromatic N) is 1. The number of rotatable bonds is 6. The predicted octanol–water partition coefficient (Wildman–Crippen LogP) is 0.203. The van der Waals surface area contributed by atoms with Crippen LogP contribution < -0.4 is 10.6 Å². The molecule has 1 aromatic carbocycles. The number of aliphatic imine (C=N–C) groups is 1. The summed E-state index contributed by atoms with van der Waals surface area (Å²) in [5, 5.41) is 6.09. The summed E-state index contributed by atoms with van der Waals surface area (Å²) in [7, 11) is -4.63. The number of sulfone groups is 2. The number of nitrogens with one attached hydrogen (secondary N) is 2. The fourth-order valence-electron chi connectivity index (χ4n) is 2.51. The predicted molar refractivity (Wildman–Crippen MR) is 94.7 cm³/mol. The third-order valence-electron chi connectivity index (χ3n) is 3.78. The summed E-state index contributed by atoms with van der Waals surface area (Å²) in [6.07, 6.45) is 0.992. The number of hydrogen-bond acceptors (Lipinski definition) is 5. The highest BCUT2D eigenvalue weighted by Gasteiger charge is 2.28. The Labute approximate surface area is 143 Å². The highest BCUT2D eigenvalue weighted by Crippen LogP contribution is 2.12. The van der Waals surface area contributed by atoms with Crippen LogP contribution in [0, 0.1) is 0 Å². The van der Waals surface area contributed by atoms with Gasteiger partial charge in [-0.2, -0.15) is 0 Å². The van der Waals surface area contributed by atoms with Crippen molar-refractivity contribution in [2.24, 2.45) is 4.99 Å². The Bertz CT molecular complexity index is 774. The van der Waals surface area contributed by atoms with Crippen LogP contribution in [0.5, 0.6) is 0 Å². The van der Waals surface area contributed by atoms with Crippen LogP contribution in [-0.4, -0.2) is 59.7 Å². The van der Waals surface area contributed by atoms with Gasteiger partial charge in [0.15, 0.2) is 25.6 Å². The van der Waals surface area contributed by atoms with Crippen molar-refractivity contribution in [1.29, 1.82) is 0 Å². The van der Waals surface area contributed by atoms with Gasteiger partial charge < -0.3 is 10.6 Å². The summed E-state index contributed by atoms with van der Waals surface area (Å²) in [4.78, 5) is 4.36. The zero-order valence-corrected chi connectivity index (χ0v) is 15.2. The average Bonchev–Trinajstić information content (AvgIpc) is 2.90. The summed E-state index contributed by atoms with van der Waals surface area (Å²) < 4.78 is 47.2. The van der Waals surface area contributed by atoms with Gasteiger partial charge in [0.1, 0.15) is 0 Å². The van der Waals surface area contributed by atoms with E-state index >= 15 is 0 Å².